The lowest BCUT2D eigenvalue weighted by Gasteiger charge is -2.00. The Balaban J connectivity index is 1.84. The van der Waals surface area contributed by atoms with Crippen LogP contribution < -0.4 is 0 Å². The highest BCUT2D eigenvalue weighted by Crippen LogP contribution is 2.32. The molecule has 0 bridgehead atoms. The molecule has 2 heterocycles. The van der Waals surface area contributed by atoms with Crippen LogP contribution in [0.2, 0.25) is 5.02 Å². The van der Waals surface area contributed by atoms with E-state index in [1.165, 1.54) is 12.1 Å². The number of imidazole rings is 1. The minimum absolute atomic E-state index is 0.310. The molecule has 4 aromatic rings. The predicted molar refractivity (Wildman–Crippen MR) is 96.2 cm³/mol. The Morgan fingerprint density at radius 2 is 1.64 bits per heavy atom. The molecule has 0 aliphatic carbocycles. The molecule has 0 fully saturated rings. The maximum absolute atomic E-state index is 13.0. The number of fused-ring (bicyclic) bond motifs is 1. The molecule has 0 unspecified atom stereocenters. The van der Waals surface area contributed by atoms with Crippen molar-refractivity contribution in [2.24, 2.45) is 10.2 Å². The van der Waals surface area contributed by atoms with Crippen molar-refractivity contribution in [2.75, 3.05) is 0 Å². The third-order valence-corrected chi connectivity index (χ3v) is 3.96. The van der Waals surface area contributed by atoms with E-state index >= 15 is 0 Å². The Bertz CT molecular complexity index is 1050. The van der Waals surface area contributed by atoms with Gasteiger partial charge in [0.1, 0.15) is 17.2 Å². The average molecular weight is 351 g/mol. The van der Waals surface area contributed by atoms with Gasteiger partial charge < -0.3 is 0 Å². The van der Waals surface area contributed by atoms with Gasteiger partial charge in [-0.1, -0.05) is 29.8 Å². The number of benzene rings is 2. The summed E-state index contributed by atoms with van der Waals surface area (Å²) >= 11 is 5.97. The van der Waals surface area contributed by atoms with Crippen molar-refractivity contribution < 1.29 is 4.39 Å². The summed E-state index contributed by atoms with van der Waals surface area (Å²) in [5, 5.41) is 9.23. The van der Waals surface area contributed by atoms with Crippen LogP contribution in [0.5, 0.6) is 0 Å². The van der Waals surface area contributed by atoms with Gasteiger partial charge in [0.15, 0.2) is 5.82 Å². The third-order valence-electron chi connectivity index (χ3n) is 3.71. The van der Waals surface area contributed by atoms with Crippen LogP contribution in [-0.4, -0.2) is 9.38 Å². The number of hydrogen-bond acceptors (Lipinski definition) is 3. The van der Waals surface area contributed by atoms with Crippen LogP contribution in [0, 0.1) is 5.82 Å². The molecule has 25 heavy (non-hydrogen) atoms. The van der Waals surface area contributed by atoms with Crippen LogP contribution in [-0.2, 0) is 0 Å². The maximum atomic E-state index is 13.0. The highest BCUT2D eigenvalue weighted by atomic mass is 35.5. The number of hydrogen-bond donors (Lipinski definition) is 0. The lowest BCUT2D eigenvalue weighted by atomic mass is 10.1. The van der Waals surface area contributed by atoms with E-state index in [2.05, 4.69) is 15.2 Å². The highest BCUT2D eigenvalue weighted by Gasteiger charge is 2.13. The first kappa shape index (κ1) is 15.5. The van der Waals surface area contributed by atoms with E-state index in [1.54, 1.807) is 12.1 Å². The van der Waals surface area contributed by atoms with Crippen LogP contribution in [0.3, 0.4) is 0 Å². The van der Waals surface area contributed by atoms with Gasteiger partial charge in [0.05, 0.1) is 5.69 Å². The van der Waals surface area contributed by atoms with E-state index in [4.69, 9.17) is 11.6 Å². The zero-order valence-corrected chi connectivity index (χ0v) is 13.7. The first-order chi connectivity index (χ1) is 12.2. The number of azo groups is 1. The van der Waals surface area contributed by atoms with Crippen molar-refractivity contribution >= 4 is 28.8 Å². The molecule has 4 nitrogen and oxygen atoms in total. The Hall–Kier alpha value is -3.05. The molecule has 0 amide bonds. The Morgan fingerprint density at radius 3 is 2.40 bits per heavy atom. The smallest absolute Gasteiger partial charge is 0.187 e. The molecule has 2 aromatic carbocycles. The molecule has 2 aromatic heterocycles. The van der Waals surface area contributed by atoms with Gasteiger partial charge in [-0.15, -0.1) is 10.2 Å². The fourth-order valence-corrected chi connectivity index (χ4v) is 2.62. The number of halogens is 2. The Morgan fingerprint density at radius 1 is 0.880 bits per heavy atom. The minimum Gasteiger partial charge on any atom is -0.283 e. The monoisotopic (exact) mass is 350 g/mol. The summed E-state index contributed by atoms with van der Waals surface area (Å²) in [5.74, 6) is 0.290. The summed E-state index contributed by atoms with van der Waals surface area (Å²) in [4.78, 5) is 4.65. The SMILES string of the molecule is Fc1ccc(N=Nc2c(-c3ccc(Cl)cc3)nc3ccccn23)cc1. The molecule has 0 aliphatic heterocycles. The first-order valence-corrected chi connectivity index (χ1v) is 7.99. The molecular weight excluding hydrogens is 339 g/mol. The summed E-state index contributed by atoms with van der Waals surface area (Å²) in [6.45, 7) is 0. The number of aromatic nitrogens is 2. The second-order valence-electron chi connectivity index (χ2n) is 5.40. The molecule has 0 atom stereocenters. The van der Waals surface area contributed by atoms with Crippen LogP contribution >= 0.6 is 11.6 Å². The molecular formula is C19H12ClFN4. The molecule has 0 N–H and O–H groups in total. The second-order valence-corrected chi connectivity index (χ2v) is 5.83. The zero-order chi connectivity index (χ0) is 17.2. The van der Waals surface area contributed by atoms with E-state index in [1.807, 2.05) is 53.1 Å². The first-order valence-electron chi connectivity index (χ1n) is 7.61. The van der Waals surface area contributed by atoms with Gasteiger partial charge >= 0.3 is 0 Å². The normalized spacial score (nSPS) is 11.4. The molecule has 0 saturated heterocycles. The topological polar surface area (TPSA) is 42.0 Å². The zero-order valence-electron chi connectivity index (χ0n) is 13.0. The van der Waals surface area contributed by atoms with Gasteiger partial charge in [-0.05, 0) is 48.5 Å². The Kier molecular flexibility index (Phi) is 3.99. The summed E-state index contributed by atoms with van der Waals surface area (Å²) in [5.41, 5.74) is 2.92. The summed E-state index contributed by atoms with van der Waals surface area (Å²) in [7, 11) is 0. The number of rotatable bonds is 3. The van der Waals surface area contributed by atoms with E-state index in [-0.39, 0.29) is 5.82 Å². The molecule has 6 heteroatoms. The van der Waals surface area contributed by atoms with Crippen molar-refractivity contribution in [3.63, 3.8) is 0 Å². The van der Waals surface area contributed by atoms with Crippen molar-refractivity contribution in [3.05, 3.63) is 83.8 Å². The second kappa shape index (κ2) is 6.45. The van der Waals surface area contributed by atoms with Gasteiger partial charge in [0.25, 0.3) is 0 Å². The summed E-state index contributed by atoms with van der Waals surface area (Å²) in [6.07, 6.45) is 1.88. The lowest BCUT2D eigenvalue weighted by molar-refractivity contribution is 0.628. The highest BCUT2D eigenvalue weighted by molar-refractivity contribution is 6.30. The third kappa shape index (κ3) is 3.14. The predicted octanol–water partition coefficient (Wildman–Crippen LogP) is 6.21. The van der Waals surface area contributed by atoms with Gasteiger partial charge in [-0.2, -0.15) is 0 Å². The maximum Gasteiger partial charge on any atom is 0.187 e. The van der Waals surface area contributed by atoms with Gasteiger partial charge in [-0.3, -0.25) is 4.40 Å². The quantitative estimate of drug-likeness (QED) is 0.405. The van der Waals surface area contributed by atoms with Gasteiger partial charge in [0, 0.05) is 16.8 Å². The van der Waals surface area contributed by atoms with Crippen LogP contribution in [0.25, 0.3) is 16.9 Å². The molecule has 0 saturated carbocycles. The lowest BCUT2D eigenvalue weighted by Crippen LogP contribution is -1.81. The Labute approximate surface area is 148 Å². The molecule has 0 radical (unpaired) electrons. The van der Waals surface area contributed by atoms with E-state index in [9.17, 15) is 4.39 Å². The summed E-state index contributed by atoms with van der Waals surface area (Å²) in [6, 6.07) is 19.0. The molecule has 122 valence electrons. The van der Waals surface area contributed by atoms with E-state index in [0.29, 0.717) is 22.2 Å². The van der Waals surface area contributed by atoms with Crippen LogP contribution in [0.4, 0.5) is 15.9 Å². The number of nitrogens with zero attached hydrogens (tertiary/aromatic N) is 4. The van der Waals surface area contributed by atoms with Gasteiger partial charge in [0.2, 0.25) is 0 Å². The molecule has 4 rings (SSSR count). The van der Waals surface area contributed by atoms with Crippen LogP contribution in [0.1, 0.15) is 0 Å². The standard InChI is InChI=1S/C19H12ClFN4/c20-14-6-4-13(5-7-14)18-19(25-12-2-1-3-17(25)22-18)24-23-16-10-8-15(21)9-11-16/h1-12H. The van der Waals surface area contributed by atoms with Crippen molar-refractivity contribution in [1.29, 1.82) is 0 Å². The van der Waals surface area contributed by atoms with Gasteiger partial charge in [-0.25, -0.2) is 9.37 Å². The largest absolute Gasteiger partial charge is 0.283 e. The summed E-state index contributed by atoms with van der Waals surface area (Å²) < 4.78 is 14.9. The fraction of sp³-hybridized carbons (Fsp3) is 0. The molecule has 0 spiro atoms. The van der Waals surface area contributed by atoms with E-state index < -0.39 is 0 Å². The van der Waals surface area contributed by atoms with Crippen molar-refractivity contribution in [3.8, 4) is 11.3 Å². The van der Waals surface area contributed by atoms with Crippen molar-refractivity contribution in [2.45, 2.75) is 0 Å². The number of pyridine rings is 1. The van der Waals surface area contributed by atoms with Crippen LogP contribution in [0.15, 0.2) is 83.2 Å². The average Bonchev–Trinajstić information content (AvgIpc) is 3.00. The fourth-order valence-electron chi connectivity index (χ4n) is 2.49. The molecule has 0 aliphatic rings. The van der Waals surface area contributed by atoms with E-state index in [0.717, 1.165) is 11.2 Å². The minimum atomic E-state index is -0.310. The van der Waals surface area contributed by atoms with Crippen molar-refractivity contribution in [1.82, 2.24) is 9.38 Å².